The second-order valence-electron chi connectivity index (χ2n) is 5.07. The van der Waals surface area contributed by atoms with E-state index < -0.39 is 0 Å². The predicted molar refractivity (Wildman–Crippen MR) is 69.4 cm³/mol. The van der Waals surface area contributed by atoms with Crippen LogP contribution in [0.4, 0.5) is 4.39 Å². The lowest BCUT2D eigenvalue weighted by Gasteiger charge is -2.39. The van der Waals surface area contributed by atoms with Crippen molar-refractivity contribution in [2.75, 3.05) is 19.8 Å². The van der Waals surface area contributed by atoms with Crippen molar-refractivity contribution >= 4 is 15.9 Å². The molecular weight excluding hydrogens is 285 g/mol. The summed E-state index contributed by atoms with van der Waals surface area (Å²) >= 11 is 3.37. The van der Waals surface area contributed by atoms with Gasteiger partial charge in [0.25, 0.3) is 0 Å². The molecule has 1 aliphatic heterocycles. The summed E-state index contributed by atoms with van der Waals surface area (Å²) in [6.07, 6.45) is 0. The second-order valence-corrected chi connectivity index (χ2v) is 5.99. The SMILES string of the molecule is CC(NCC1(C)COC1)c1cc(Br)ccc1F. The van der Waals surface area contributed by atoms with Gasteiger partial charge in [0.15, 0.2) is 0 Å². The smallest absolute Gasteiger partial charge is 0.128 e. The summed E-state index contributed by atoms with van der Waals surface area (Å²) in [7, 11) is 0. The monoisotopic (exact) mass is 301 g/mol. The van der Waals surface area contributed by atoms with E-state index in [0.29, 0.717) is 5.56 Å². The van der Waals surface area contributed by atoms with Gasteiger partial charge < -0.3 is 10.1 Å². The molecule has 4 heteroatoms. The van der Waals surface area contributed by atoms with Gasteiger partial charge in [-0.2, -0.15) is 0 Å². The normalized spacial score (nSPS) is 19.8. The summed E-state index contributed by atoms with van der Waals surface area (Å²) < 4.78 is 19.8. The van der Waals surface area contributed by atoms with Crippen LogP contribution in [0.15, 0.2) is 22.7 Å². The predicted octanol–water partition coefficient (Wildman–Crippen LogP) is 3.28. The minimum atomic E-state index is -0.164. The largest absolute Gasteiger partial charge is 0.380 e. The lowest BCUT2D eigenvalue weighted by atomic mass is 9.88. The molecule has 0 bridgehead atoms. The van der Waals surface area contributed by atoms with Crippen LogP contribution in [0.3, 0.4) is 0 Å². The third-order valence-electron chi connectivity index (χ3n) is 3.16. The quantitative estimate of drug-likeness (QED) is 0.921. The van der Waals surface area contributed by atoms with Crippen LogP contribution in [0.25, 0.3) is 0 Å². The first-order valence-electron chi connectivity index (χ1n) is 5.76. The van der Waals surface area contributed by atoms with Gasteiger partial charge in [-0.25, -0.2) is 4.39 Å². The minimum Gasteiger partial charge on any atom is -0.380 e. The second kappa shape index (κ2) is 5.04. The van der Waals surface area contributed by atoms with Crippen molar-refractivity contribution in [3.05, 3.63) is 34.1 Å². The van der Waals surface area contributed by atoms with E-state index in [1.54, 1.807) is 6.07 Å². The molecule has 0 aromatic heterocycles. The maximum absolute atomic E-state index is 13.7. The zero-order valence-electron chi connectivity index (χ0n) is 10.1. The third kappa shape index (κ3) is 3.06. The summed E-state index contributed by atoms with van der Waals surface area (Å²) in [4.78, 5) is 0. The molecule has 0 radical (unpaired) electrons. The molecule has 94 valence electrons. The van der Waals surface area contributed by atoms with Gasteiger partial charge in [0.05, 0.1) is 13.2 Å². The Balaban J connectivity index is 1.99. The molecule has 2 nitrogen and oxygen atoms in total. The first-order chi connectivity index (χ1) is 8.00. The molecule has 1 aromatic rings. The van der Waals surface area contributed by atoms with Gasteiger partial charge in [0.2, 0.25) is 0 Å². The van der Waals surface area contributed by atoms with Gasteiger partial charge in [-0.3, -0.25) is 0 Å². The molecule has 1 saturated heterocycles. The van der Waals surface area contributed by atoms with Gasteiger partial charge in [0, 0.05) is 28.0 Å². The Bertz CT molecular complexity index is 406. The topological polar surface area (TPSA) is 21.3 Å². The molecule has 0 spiro atoms. The molecule has 0 aliphatic carbocycles. The van der Waals surface area contributed by atoms with Crippen molar-refractivity contribution in [2.45, 2.75) is 19.9 Å². The minimum absolute atomic E-state index is 0.00456. The van der Waals surface area contributed by atoms with Crippen LogP contribution in [-0.2, 0) is 4.74 Å². The average molecular weight is 302 g/mol. The van der Waals surface area contributed by atoms with Crippen molar-refractivity contribution in [2.24, 2.45) is 5.41 Å². The fourth-order valence-corrected chi connectivity index (χ4v) is 2.29. The van der Waals surface area contributed by atoms with Crippen molar-refractivity contribution in [1.82, 2.24) is 5.32 Å². The third-order valence-corrected chi connectivity index (χ3v) is 3.65. The van der Waals surface area contributed by atoms with Gasteiger partial charge in [-0.1, -0.05) is 22.9 Å². The molecule has 1 N–H and O–H groups in total. The molecule has 1 unspecified atom stereocenters. The Labute approximate surface area is 110 Å². The van der Waals surface area contributed by atoms with Crippen LogP contribution in [0.2, 0.25) is 0 Å². The first-order valence-corrected chi connectivity index (χ1v) is 6.56. The fourth-order valence-electron chi connectivity index (χ4n) is 1.91. The molecule has 1 heterocycles. The number of hydrogen-bond acceptors (Lipinski definition) is 2. The Morgan fingerprint density at radius 1 is 1.53 bits per heavy atom. The van der Waals surface area contributed by atoms with Crippen LogP contribution in [0, 0.1) is 11.2 Å². The van der Waals surface area contributed by atoms with Crippen LogP contribution >= 0.6 is 15.9 Å². The number of nitrogens with one attached hydrogen (secondary N) is 1. The van der Waals surface area contributed by atoms with Gasteiger partial charge in [-0.15, -0.1) is 0 Å². The molecule has 0 saturated carbocycles. The summed E-state index contributed by atoms with van der Waals surface area (Å²) in [6, 6.07) is 5.04. The lowest BCUT2D eigenvalue weighted by molar-refractivity contribution is -0.0999. The van der Waals surface area contributed by atoms with Gasteiger partial charge in [0.1, 0.15) is 5.82 Å². The maximum Gasteiger partial charge on any atom is 0.128 e. The van der Waals surface area contributed by atoms with E-state index in [0.717, 1.165) is 24.2 Å². The number of benzene rings is 1. The summed E-state index contributed by atoms with van der Waals surface area (Å²) in [5, 5.41) is 3.37. The Kier molecular flexibility index (Phi) is 3.85. The number of halogens is 2. The zero-order valence-corrected chi connectivity index (χ0v) is 11.7. The summed E-state index contributed by atoms with van der Waals surface area (Å²) in [6.45, 7) is 6.57. The number of rotatable bonds is 4. The summed E-state index contributed by atoms with van der Waals surface area (Å²) in [5.74, 6) is -0.164. The standard InChI is InChI=1S/C13H17BrFNO/c1-9(16-6-13(2)7-17-8-13)11-5-10(14)3-4-12(11)15/h3-5,9,16H,6-8H2,1-2H3. The van der Waals surface area contributed by atoms with E-state index in [-0.39, 0.29) is 17.3 Å². The Morgan fingerprint density at radius 2 is 2.24 bits per heavy atom. The van der Waals surface area contributed by atoms with Crippen LogP contribution in [0.1, 0.15) is 25.5 Å². The highest BCUT2D eigenvalue weighted by Crippen LogP contribution is 2.27. The maximum atomic E-state index is 13.7. The molecule has 17 heavy (non-hydrogen) atoms. The molecular formula is C13H17BrFNO. The average Bonchev–Trinajstić information content (AvgIpc) is 2.26. The van der Waals surface area contributed by atoms with Crippen molar-refractivity contribution < 1.29 is 9.13 Å². The van der Waals surface area contributed by atoms with E-state index >= 15 is 0 Å². The highest BCUT2D eigenvalue weighted by atomic mass is 79.9. The van der Waals surface area contributed by atoms with E-state index in [4.69, 9.17) is 4.74 Å². The van der Waals surface area contributed by atoms with E-state index in [9.17, 15) is 4.39 Å². The van der Waals surface area contributed by atoms with E-state index in [1.165, 1.54) is 6.07 Å². The molecule has 1 atom stereocenters. The fraction of sp³-hybridized carbons (Fsp3) is 0.538. The lowest BCUT2D eigenvalue weighted by Crippen LogP contribution is -2.47. The van der Waals surface area contributed by atoms with Crippen LogP contribution in [-0.4, -0.2) is 19.8 Å². The highest BCUT2D eigenvalue weighted by Gasteiger charge is 2.33. The van der Waals surface area contributed by atoms with E-state index in [2.05, 4.69) is 28.2 Å². The zero-order chi connectivity index (χ0) is 12.5. The Morgan fingerprint density at radius 3 is 2.82 bits per heavy atom. The first kappa shape index (κ1) is 13.0. The number of hydrogen-bond donors (Lipinski definition) is 1. The molecule has 1 aromatic carbocycles. The molecule has 0 amide bonds. The van der Waals surface area contributed by atoms with Crippen molar-refractivity contribution in [1.29, 1.82) is 0 Å². The highest BCUT2D eigenvalue weighted by molar-refractivity contribution is 9.10. The van der Waals surface area contributed by atoms with Crippen LogP contribution in [0.5, 0.6) is 0 Å². The molecule has 2 rings (SSSR count). The van der Waals surface area contributed by atoms with Crippen LogP contribution < -0.4 is 5.32 Å². The molecule has 1 aliphatic rings. The summed E-state index contributed by atoms with van der Waals surface area (Å²) in [5.41, 5.74) is 0.903. The number of ether oxygens (including phenoxy) is 1. The Hall–Kier alpha value is -0.450. The van der Waals surface area contributed by atoms with Gasteiger partial charge >= 0.3 is 0 Å². The van der Waals surface area contributed by atoms with E-state index in [1.807, 2.05) is 13.0 Å². The van der Waals surface area contributed by atoms with Crippen molar-refractivity contribution in [3.8, 4) is 0 Å². The van der Waals surface area contributed by atoms with Gasteiger partial charge in [-0.05, 0) is 25.1 Å². The molecule has 1 fully saturated rings. The van der Waals surface area contributed by atoms with Crippen molar-refractivity contribution in [3.63, 3.8) is 0 Å².